The zero-order valence-electron chi connectivity index (χ0n) is 6.36. The van der Waals surface area contributed by atoms with E-state index in [-0.39, 0.29) is 5.92 Å². The molecular formula is C9H10O2. The van der Waals surface area contributed by atoms with Crippen LogP contribution in [0.2, 0.25) is 0 Å². The fraction of sp³-hybridized carbons (Fsp3) is 0.222. The van der Waals surface area contributed by atoms with Gasteiger partial charge in [0.05, 0.1) is 13.0 Å². The molecule has 0 spiro atoms. The molecule has 0 radical (unpaired) electrons. The van der Waals surface area contributed by atoms with Gasteiger partial charge in [-0.3, -0.25) is 4.79 Å². The normalized spacial score (nSPS) is 17.4. The van der Waals surface area contributed by atoms with Crippen LogP contribution in [0.15, 0.2) is 36.1 Å². The van der Waals surface area contributed by atoms with Crippen molar-refractivity contribution >= 4 is 6.29 Å². The lowest BCUT2D eigenvalue weighted by molar-refractivity contribution is -0.104. The third-order valence-electron chi connectivity index (χ3n) is 1.54. The highest BCUT2D eigenvalue weighted by molar-refractivity contribution is 5.66. The molecule has 0 unspecified atom stereocenters. The first-order valence-corrected chi connectivity index (χ1v) is 3.43. The first-order valence-electron chi connectivity index (χ1n) is 3.43. The Morgan fingerprint density at radius 2 is 2.09 bits per heavy atom. The van der Waals surface area contributed by atoms with E-state index in [9.17, 15) is 4.79 Å². The second-order valence-corrected chi connectivity index (χ2v) is 2.20. The highest BCUT2D eigenvalue weighted by Crippen LogP contribution is 2.18. The van der Waals surface area contributed by atoms with Gasteiger partial charge in [0.15, 0.2) is 0 Å². The zero-order chi connectivity index (χ0) is 8.10. The molecule has 0 aliphatic heterocycles. The Labute approximate surface area is 65.9 Å². The minimum atomic E-state index is 0.144. The summed E-state index contributed by atoms with van der Waals surface area (Å²) in [5.41, 5.74) is 0. The van der Waals surface area contributed by atoms with Crippen LogP contribution in [-0.4, -0.2) is 13.4 Å². The molecule has 11 heavy (non-hydrogen) atoms. The van der Waals surface area contributed by atoms with Crippen LogP contribution < -0.4 is 0 Å². The average molecular weight is 150 g/mol. The van der Waals surface area contributed by atoms with E-state index < -0.39 is 0 Å². The molecule has 0 aromatic carbocycles. The van der Waals surface area contributed by atoms with Gasteiger partial charge in [-0.1, -0.05) is 24.3 Å². The molecule has 2 nitrogen and oxygen atoms in total. The summed E-state index contributed by atoms with van der Waals surface area (Å²) in [5.74, 6) is 0.829. The van der Waals surface area contributed by atoms with Crippen LogP contribution in [0, 0.1) is 5.92 Å². The molecule has 2 heteroatoms. The molecule has 0 saturated heterocycles. The summed E-state index contributed by atoms with van der Waals surface area (Å²) in [5, 5.41) is 0. The van der Waals surface area contributed by atoms with Gasteiger partial charge in [0, 0.05) is 6.08 Å². The molecule has 0 fully saturated rings. The lowest BCUT2D eigenvalue weighted by Crippen LogP contribution is -1.98. The quantitative estimate of drug-likeness (QED) is 0.346. The molecule has 1 aliphatic carbocycles. The van der Waals surface area contributed by atoms with E-state index in [1.54, 1.807) is 7.11 Å². The van der Waals surface area contributed by atoms with Gasteiger partial charge in [-0.2, -0.15) is 0 Å². The summed E-state index contributed by atoms with van der Waals surface area (Å²) >= 11 is 0. The molecule has 58 valence electrons. The Bertz CT molecular complexity index is 212. The molecule has 1 rings (SSSR count). The van der Waals surface area contributed by atoms with Crippen LogP contribution in [-0.2, 0) is 9.53 Å². The van der Waals surface area contributed by atoms with Gasteiger partial charge in [-0.05, 0) is 0 Å². The highest BCUT2D eigenvalue weighted by atomic mass is 16.5. The SMILES string of the molecule is COC(=CC=O)C1C=CC=C1. The van der Waals surface area contributed by atoms with Crippen molar-refractivity contribution in [2.24, 2.45) is 5.92 Å². The second-order valence-electron chi connectivity index (χ2n) is 2.20. The van der Waals surface area contributed by atoms with E-state index in [1.807, 2.05) is 24.3 Å². The molecule has 0 amide bonds. The minimum absolute atomic E-state index is 0.144. The smallest absolute Gasteiger partial charge is 0.146 e. The second kappa shape index (κ2) is 3.76. The zero-order valence-corrected chi connectivity index (χ0v) is 6.36. The van der Waals surface area contributed by atoms with Gasteiger partial charge >= 0.3 is 0 Å². The fourth-order valence-corrected chi connectivity index (χ4v) is 1.00. The number of hydrogen-bond donors (Lipinski definition) is 0. The van der Waals surface area contributed by atoms with Gasteiger partial charge in [0.25, 0.3) is 0 Å². The first kappa shape index (κ1) is 7.79. The molecule has 0 N–H and O–H groups in total. The largest absolute Gasteiger partial charge is 0.500 e. The first-order chi connectivity index (χ1) is 5.38. The minimum Gasteiger partial charge on any atom is -0.500 e. The number of carbonyl (C=O) groups is 1. The predicted octanol–water partition coefficient (Wildman–Crippen LogP) is 1.46. The Morgan fingerprint density at radius 3 is 2.55 bits per heavy atom. The van der Waals surface area contributed by atoms with Crippen molar-refractivity contribution in [2.45, 2.75) is 0 Å². The van der Waals surface area contributed by atoms with E-state index in [2.05, 4.69) is 0 Å². The van der Waals surface area contributed by atoms with Gasteiger partial charge in [0.1, 0.15) is 12.0 Å². The number of ether oxygens (including phenoxy) is 1. The number of rotatable bonds is 3. The van der Waals surface area contributed by atoms with Crippen LogP contribution in [0.25, 0.3) is 0 Å². The number of carbonyl (C=O) groups excluding carboxylic acids is 1. The van der Waals surface area contributed by atoms with Crippen LogP contribution >= 0.6 is 0 Å². The lowest BCUT2D eigenvalue weighted by atomic mass is 10.1. The number of hydrogen-bond acceptors (Lipinski definition) is 2. The molecule has 0 aromatic rings. The van der Waals surface area contributed by atoms with Gasteiger partial charge < -0.3 is 4.74 Å². The molecule has 0 aromatic heterocycles. The van der Waals surface area contributed by atoms with Crippen LogP contribution in [0.1, 0.15) is 0 Å². The summed E-state index contributed by atoms with van der Waals surface area (Å²) < 4.78 is 5.00. The van der Waals surface area contributed by atoms with Crippen LogP contribution in [0.3, 0.4) is 0 Å². The molecule has 0 bridgehead atoms. The maximum atomic E-state index is 10.1. The maximum absolute atomic E-state index is 10.1. The third kappa shape index (κ3) is 1.80. The van der Waals surface area contributed by atoms with Crippen molar-refractivity contribution in [1.82, 2.24) is 0 Å². The van der Waals surface area contributed by atoms with Crippen LogP contribution in [0.4, 0.5) is 0 Å². The summed E-state index contributed by atoms with van der Waals surface area (Å²) in [7, 11) is 1.56. The fourth-order valence-electron chi connectivity index (χ4n) is 1.00. The monoisotopic (exact) mass is 150 g/mol. The van der Waals surface area contributed by atoms with Crippen molar-refractivity contribution in [3.8, 4) is 0 Å². The third-order valence-corrected chi connectivity index (χ3v) is 1.54. The van der Waals surface area contributed by atoms with Crippen LogP contribution in [0.5, 0.6) is 0 Å². The van der Waals surface area contributed by atoms with Crippen molar-refractivity contribution in [3.05, 3.63) is 36.1 Å². The Balaban J connectivity index is 2.69. The summed E-state index contributed by atoms with van der Waals surface area (Å²) in [4.78, 5) is 10.1. The van der Waals surface area contributed by atoms with Crippen molar-refractivity contribution in [3.63, 3.8) is 0 Å². The lowest BCUT2D eigenvalue weighted by Gasteiger charge is -2.07. The van der Waals surface area contributed by atoms with E-state index in [0.717, 1.165) is 6.29 Å². The number of methoxy groups -OCH3 is 1. The standard InChI is InChI=1S/C9H10O2/c1-11-9(6-7-10)8-4-2-3-5-8/h2-8H,1H3. The van der Waals surface area contributed by atoms with Crippen molar-refractivity contribution < 1.29 is 9.53 Å². The van der Waals surface area contributed by atoms with Gasteiger partial charge in [-0.15, -0.1) is 0 Å². The van der Waals surface area contributed by atoms with Crippen molar-refractivity contribution in [2.75, 3.05) is 7.11 Å². The van der Waals surface area contributed by atoms with Gasteiger partial charge in [-0.25, -0.2) is 0 Å². The van der Waals surface area contributed by atoms with E-state index in [1.165, 1.54) is 6.08 Å². The maximum Gasteiger partial charge on any atom is 0.146 e. The Kier molecular flexibility index (Phi) is 2.66. The Morgan fingerprint density at radius 1 is 1.45 bits per heavy atom. The molecule has 0 heterocycles. The van der Waals surface area contributed by atoms with E-state index in [0.29, 0.717) is 5.76 Å². The molecule has 0 atom stereocenters. The molecular weight excluding hydrogens is 140 g/mol. The number of aldehydes is 1. The number of allylic oxidation sites excluding steroid dienone is 4. The summed E-state index contributed by atoms with van der Waals surface area (Å²) in [6, 6.07) is 0. The highest BCUT2D eigenvalue weighted by Gasteiger charge is 2.09. The van der Waals surface area contributed by atoms with Crippen molar-refractivity contribution in [1.29, 1.82) is 0 Å². The summed E-state index contributed by atoms with van der Waals surface area (Å²) in [6.45, 7) is 0. The Hall–Kier alpha value is -1.31. The topological polar surface area (TPSA) is 26.3 Å². The molecule has 0 saturated carbocycles. The summed E-state index contributed by atoms with van der Waals surface area (Å²) in [6.07, 6.45) is 9.98. The van der Waals surface area contributed by atoms with E-state index >= 15 is 0 Å². The average Bonchev–Trinajstić information content (AvgIpc) is 2.52. The predicted molar refractivity (Wildman–Crippen MR) is 42.9 cm³/mol. The van der Waals surface area contributed by atoms with E-state index in [4.69, 9.17) is 4.74 Å². The molecule has 1 aliphatic rings. The van der Waals surface area contributed by atoms with Gasteiger partial charge in [0.2, 0.25) is 0 Å².